The van der Waals surface area contributed by atoms with E-state index >= 15 is 0 Å². The molecule has 0 aromatic heterocycles. The van der Waals surface area contributed by atoms with Gasteiger partial charge in [-0.25, -0.2) is 0 Å². The highest BCUT2D eigenvalue weighted by atomic mass is 15.2. The summed E-state index contributed by atoms with van der Waals surface area (Å²) in [7, 11) is 2.04. The van der Waals surface area contributed by atoms with Gasteiger partial charge in [0.15, 0.2) is 0 Å². The van der Waals surface area contributed by atoms with Crippen LogP contribution in [-0.4, -0.2) is 44.8 Å². The van der Waals surface area contributed by atoms with Crippen molar-refractivity contribution in [2.75, 3.05) is 44.8 Å². The summed E-state index contributed by atoms with van der Waals surface area (Å²) in [4.78, 5) is 4.53. The van der Waals surface area contributed by atoms with E-state index in [0.717, 1.165) is 43.0 Å². The van der Waals surface area contributed by atoms with E-state index < -0.39 is 0 Å². The Morgan fingerprint density at radius 2 is 1.92 bits per heavy atom. The molecule has 0 bridgehead atoms. The highest BCUT2D eigenvalue weighted by molar-refractivity contribution is 5.78. The molecule has 0 atom stereocenters. The van der Waals surface area contributed by atoms with E-state index in [4.69, 9.17) is 0 Å². The fraction of sp³-hybridized carbons (Fsp3) is 0.381. The fourth-order valence-corrected chi connectivity index (χ4v) is 2.78. The first-order chi connectivity index (χ1) is 12.0. The van der Waals surface area contributed by atoms with Gasteiger partial charge in [-0.15, -0.1) is 5.73 Å². The summed E-state index contributed by atoms with van der Waals surface area (Å²) in [6.07, 6.45) is 2.13. The molecule has 4 nitrogen and oxygen atoms in total. The third-order valence-corrected chi connectivity index (χ3v) is 4.31. The van der Waals surface area contributed by atoms with Gasteiger partial charge in [-0.1, -0.05) is 25.3 Å². The molecule has 1 aromatic carbocycles. The Morgan fingerprint density at radius 1 is 1.28 bits per heavy atom. The summed E-state index contributed by atoms with van der Waals surface area (Å²) >= 11 is 0. The summed E-state index contributed by atoms with van der Waals surface area (Å²) in [5.74, 6) is 0. The minimum atomic E-state index is 0.710. The van der Waals surface area contributed by atoms with Crippen LogP contribution in [0.25, 0.3) is 5.57 Å². The quantitative estimate of drug-likeness (QED) is 0.454. The first-order valence-corrected chi connectivity index (χ1v) is 8.76. The number of rotatable bonds is 7. The maximum Gasteiger partial charge on any atom is 0.0865 e. The van der Waals surface area contributed by atoms with Crippen LogP contribution in [0.5, 0.6) is 0 Å². The molecule has 0 unspecified atom stereocenters. The number of benzene rings is 1. The number of hydrogen-bond acceptors (Lipinski definition) is 4. The van der Waals surface area contributed by atoms with Crippen LogP contribution in [0.15, 0.2) is 60.6 Å². The zero-order valence-corrected chi connectivity index (χ0v) is 15.7. The molecule has 0 spiro atoms. The SMILES string of the molecule is C=C=C(C)/C(=C\N(C)CNC(=C)C)c1ccc(N2CCNCC2)cc1. The summed E-state index contributed by atoms with van der Waals surface area (Å²) in [6.45, 7) is 16.6. The van der Waals surface area contributed by atoms with Crippen molar-refractivity contribution in [3.8, 4) is 0 Å². The fourth-order valence-electron chi connectivity index (χ4n) is 2.78. The van der Waals surface area contributed by atoms with E-state index in [1.807, 2.05) is 20.9 Å². The average molecular weight is 338 g/mol. The summed E-state index contributed by atoms with van der Waals surface area (Å²) < 4.78 is 0. The van der Waals surface area contributed by atoms with Crippen molar-refractivity contribution >= 4 is 11.3 Å². The highest BCUT2D eigenvalue weighted by Crippen LogP contribution is 2.25. The smallest absolute Gasteiger partial charge is 0.0865 e. The molecule has 0 amide bonds. The molecule has 1 heterocycles. The molecule has 2 rings (SSSR count). The maximum absolute atomic E-state index is 3.87. The van der Waals surface area contributed by atoms with Gasteiger partial charge in [0.1, 0.15) is 0 Å². The lowest BCUT2D eigenvalue weighted by Gasteiger charge is -2.29. The minimum absolute atomic E-state index is 0.710. The molecular formula is C21H30N4. The molecule has 0 saturated carbocycles. The van der Waals surface area contributed by atoms with Gasteiger partial charge < -0.3 is 20.4 Å². The molecule has 4 heteroatoms. The molecule has 1 fully saturated rings. The highest BCUT2D eigenvalue weighted by Gasteiger charge is 2.11. The largest absolute Gasteiger partial charge is 0.372 e. The second-order valence-corrected chi connectivity index (χ2v) is 6.50. The van der Waals surface area contributed by atoms with Crippen molar-refractivity contribution in [3.05, 3.63) is 66.2 Å². The molecule has 0 radical (unpaired) electrons. The number of nitrogens with zero attached hydrogens (tertiary/aromatic N) is 2. The van der Waals surface area contributed by atoms with Crippen molar-refractivity contribution in [3.63, 3.8) is 0 Å². The Morgan fingerprint density at radius 3 is 2.48 bits per heavy atom. The molecule has 0 aliphatic carbocycles. The van der Waals surface area contributed by atoms with E-state index in [2.05, 4.69) is 69.8 Å². The van der Waals surface area contributed by atoms with Crippen molar-refractivity contribution in [2.45, 2.75) is 13.8 Å². The monoisotopic (exact) mass is 338 g/mol. The number of piperazine rings is 1. The Bertz CT molecular complexity index is 660. The number of hydrogen-bond donors (Lipinski definition) is 2. The first kappa shape index (κ1) is 18.9. The van der Waals surface area contributed by atoms with Crippen LogP contribution in [0, 0.1) is 0 Å². The standard InChI is InChI=1S/C21H30N4/c1-6-18(4)21(15-24(5)16-23-17(2)3)19-7-9-20(10-8-19)25-13-11-22-12-14-25/h7-10,15,22-23H,1-2,11-14,16H2,3-5H3/b21-15+. The Hall–Kier alpha value is -2.42. The molecule has 2 N–H and O–H groups in total. The van der Waals surface area contributed by atoms with Gasteiger partial charge in [0, 0.05) is 56.4 Å². The van der Waals surface area contributed by atoms with E-state index in [-0.39, 0.29) is 0 Å². The third-order valence-electron chi connectivity index (χ3n) is 4.31. The molecule has 1 aromatic rings. The van der Waals surface area contributed by atoms with Crippen LogP contribution in [0.2, 0.25) is 0 Å². The molecule has 134 valence electrons. The van der Waals surface area contributed by atoms with Crippen LogP contribution in [-0.2, 0) is 0 Å². The van der Waals surface area contributed by atoms with E-state index in [9.17, 15) is 0 Å². The zero-order chi connectivity index (χ0) is 18.2. The first-order valence-electron chi connectivity index (χ1n) is 8.76. The van der Waals surface area contributed by atoms with Crippen molar-refractivity contribution in [2.24, 2.45) is 0 Å². The summed E-state index contributed by atoms with van der Waals surface area (Å²) in [5, 5.41) is 6.63. The summed E-state index contributed by atoms with van der Waals surface area (Å²) in [5.41, 5.74) is 8.61. The van der Waals surface area contributed by atoms with Crippen molar-refractivity contribution < 1.29 is 0 Å². The number of nitrogens with one attached hydrogen (secondary N) is 2. The van der Waals surface area contributed by atoms with Gasteiger partial charge >= 0.3 is 0 Å². The number of anilines is 1. The maximum atomic E-state index is 3.87. The topological polar surface area (TPSA) is 30.5 Å². The predicted octanol–water partition coefficient (Wildman–Crippen LogP) is 3.18. The van der Waals surface area contributed by atoms with Gasteiger partial charge in [0.05, 0.1) is 6.67 Å². The minimum Gasteiger partial charge on any atom is -0.372 e. The average Bonchev–Trinajstić information content (AvgIpc) is 2.64. The lowest BCUT2D eigenvalue weighted by molar-refractivity contribution is 0.431. The van der Waals surface area contributed by atoms with Crippen LogP contribution >= 0.6 is 0 Å². The second kappa shape index (κ2) is 9.16. The normalized spacial score (nSPS) is 14.7. The third kappa shape index (κ3) is 5.56. The van der Waals surface area contributed by atoms with Crippen LogP contribution in [0.4, 0.5) is 5.69 Å². The van der Waals surface area contributed by atoms with Crippen LogP contribution < -0.4 is 15.5 Å². The lowest BCUT2D eigenvalue weighted by Crippen LogP contribution is -2.43. The van der Waals surface area contributed by atoms with Gasteiger partial charge in [0.2, 0.25) is 0 Å². The summed E-state index contributed by atoms with van der Waals surface area (Å²) in [6, 6.07) is 8.78. The number of allylic oxidation sites excluding steroid dienone is 3. The van der Waals surface area contributed by atoms with E-state index in [1.165, 1.54) is 11.3 Å². The Balaban J connectivity index is 2.19. The van der Waals surface area contributed by atoms with Crippen LogP contribution in [0.3, 0.4) is 0 Å². The van der Waals surface area contributed by atoms with Crippen molar-refractivity contribution in [1.29, 1.82) is 0 Å². The lowest BCUT2D eigenvalue weighted by atomic mass is 10.00. The van der Waals surface area contributed by atoms with E-state index in [1.54, 1.807) is 0 Å². The second-order valence-electron chi connectivity index (χ2n) is 6.50. The van der Waals surface area contributed by atoms with Crippen molar-refractivity contribution in [1.82, 2.24) is 15.5 Å². The van der Waals surface area contributed by atoms with Gasteiger partial charge in [-0.3, -0.25) is 0 Å². The molecule has 1 aliphatic rings. The van der Waals surface area contributed by atoms with Gasteiger partial charge in [0.25, 0.3) is 0 Å². The zero-order valence-electron chi connectivity index (χ0n) is 15.7. The van der Waals surface area contributed by atoms with Gasteiger partial charge in [-0.2, -0.15) is 0 Å². The van der Waals surface area contributed by atoms with E-state index in [0.29, 0.717) is 6.67 Å². The van der Waals surface area contributed by atoms with Crippen LogP contribution in [0.1, 0.15) is 19.4 Å². The molecular weight excluding hydrogens is 308 g/mol. The van der Waals surface area contributed by atoms with Gasteiger partial charge in [-0.05, 0) is 37.1 Å². The molecule has 1 aliphatic heterocycles. The molecule has 25 heavy (non-hydrogen) atoms. The Labute approximate surface area is 152 Å². The predicted molar refractivity (Wildman–Crippen MR) is 108 cm³/mol. The Kier molecular flexibility index (Phi) is 6.93. The molecule has 1 saturated heterocycles.